The minimum atomic E-state index is 0.166. The molecule has 0 saturated heterocycles. The second kappa shape index (κ2) is 7.88. The number of ether oxygens (including phenoxy) is 1. The minimum absolute atomic E-state index is 0.166. The zero-order chi connectivity index (χ0) is 16.9. The van der Waals surface area contributed by atoms with Crippen LogP contribution in [0.3, 0.4) is 0 Å². The lowest BCUT2D eigenvalue weighted by Gasteiger charge is -2.19. The number of halogens is 1. The van der Waals surface area contributed by atoms with Gasteiger partial charge in [-0.3, -0.25) is 4.90 Å². The fraction of sp³-hybridized carbons (Fsp3) is 0.368. The molecule has 0 fully saturated rings. The summed E-state index contributed by atoms with van der Waals surface area (Å²) in [6, 6.07) is 11.4. The molecule has 1 aliphatic heterocycles. The van der Waals surface area contributed by atoms with E-state index >= 15 is 0 Å². The summed E-state index contributed by atoms with van der Waals surface area (Å²) in [7, 11) is 0. The van der Waals surface area contributed by atoms with Crippen molar-refractivity contribution in [1.82, 2.24) is 4.90 Å². The van der Waals surface area contributed by atoms with Gasteiger partial charge in [0.25, 0.3) is 0 Å². The molecule has 4 nitrogen and oxygen atoms in total. The van der Waals surface area contributed by atoms with Gasteiger partial charge in [0.1, 0.15) is 6.61 Å². The van der Waals surface area contributed by atoms with Gasteiger partial charge in [-0.1, -0.05) is 23.7 Å². The molecule has 0 spiro atoms. The largest absolute Gasteiger partial charge is 0.504 e. The Morgan fingerprint density at radius 1 is 1.12 bits per heavy atom. The Labute approximate surface area is 147 Å². The third-order valence-electron chi connectivity index (χ3n) is 4.23. The van der Waals surface area contributed by atoms with Crippen LogP contribution in [-0.2, 0) is 6.54 Å². The molecule has 2 aromatic rings. The van der Waals surface area contributed by atoms with Crippen LogP contribution in [0.25, 0.3) is 11.1 Å². The van der Waals surface area contributed by atoms with Gasteiger partial charge in [0.15, 0.2) is 11.5 Å². The molecule has 0 unspecified atom stereocenters. The SMILES string of the molecule is OCCCCN1CCOc2c(O)cc(-c3cccc(Cl)c3)cc2C1. The molecule has 0 amide bonds. The number of nitrogens with zero attached hydrogens (tertiary/aromatic N) is 1. The van der Waals surface area contributed by atoms with Gasteiger partial charge in [-0.05, 0) is 54.8 Å². The number of aromatic hydroxyl groups is 1. The van der Waals surface area contributed by atoms with Gasteiger partial charge in [-0.2, -0.15) is 0 Å². The molecule has 0 bridgehead atoms. The normalized spacial score (nSPS) is 14.8. The maximum Gasteiger partial charge on any atom is 0.165 e. The van der Waals surface area contributed by atoms with Crippen LogP contribution in [-0.4, -0.2) is 41.4 Å². The number of rotatable bonds is 5. The third-order valence-corrected chi connectivity index (χ3v) is 4.47. The van der Waals surface area contributed by atoms with E-state index < -0.39 is 0 Å². The van der Waals surface area contributed by atoms with Crippen LogP contribution < -0.4 is 4.74 Å². The maximum atomic E-state index is 10.4. The fourth-order valence-electron chi connectivity index (χ4n) is 3.03. The van der Waals surface area contributed by atoms with Crippen molar-refractivity contribution in [2.45, 2.75) is 19.4 Å². The molecule has 3 rings (SSSR count). The van der Waals surface area contributed by atoms with Gasteiger partial charge in [0.05, 0.1) is 0 Å². The molecular formula is C19H22ClNO3. The summed E-state index contributed by atoms with van der Waals surface area (Å²) in [4.78, 5) is 2.29. The van der Waals surface area contributed by atoms with Gasteiger partial charge in [-0.15, -0.1) is 0 Å². The summed E-state index contributed by atoms with van der Waals surface area (Å²) in [6.45, 7) is 3.22. The van der Waals surface area contributed by atoms with E-state index in [0.29, 0.717) is 17.4 Å². The molecule has 1 heterocycles. The number of phenolic OH excluding ortho intramolecular Hbond substituents is 1. The summed E-state index contributed by atoms with van der Waals surface area (Å²) in [5.41, 5.74) is 2.87. The van der Waals surface area contributed by atoms with Crippen molar-refractivity contribution < 1.29 is 14.9 Å². The van der Waals surface area contributed by atoms with Gasteiger partial charge in [0, 0.05) is 30.3 Å². The van der Waals surface area contributed by atoms with Crippen LogP contribution in [0.5, 0.6) is 11.5 Å². The average molecular weight is 348 g/mol. The van der Waals surface area contributed by atoms with E-state index in [4.69, 9.17) is 21.4 Å². The lowest BCUT2D eigenvalue weighted by atomic mass is 10.0. The van der Waals surface area contributed by atoms with Crippen molar-refractivity contribution in [2.24, 2.45) is 0 Å². The van der Waals surface area contributed by atoms with Crippen LogP contribution in [0.4, 0.5) is 0 Å². The number of aliphatic hydroxyl groups is 1. The fourth-order valence-corrected chi connectivity index (χ4v) is 3.22. The predicted molar refractivity (Wildman–Crippen MR) is 95.6 cm³/mol. The van der Waals surface area contributed by atoms with Crippen molar-refractivity contribution in [3.63, 3.8) is 0 Å². The zero-order valence-electron chi connectivity index (χ0n) is 13.5. The summed E-state index contributed by atoms with van der Waals surface area (Å²) in [5.74, 6) is 0.741. The highest BCUT2D eigenvalue weighted by molar-refractivity contribution is 6.30. The Kier molecular flexibility index (Phi) is 5.61. The standard InChI is InChI=1S/C19H22ClNO3/c20-17-5-3-4-14(11-17)15-10-16-13-21(6-1-2-8-22)7-9-24-19(16)18(23)12-15/h3-5,10-12,22-23H,1-2,6-9,13H2. The quantitative estimate of drug-likeness (QED) is 0.810. The first-order chi connectivity index (χ1) is 11.7. The van der Waals surface area contributed by atoms with Crippen molar-refractivity contribution in [1.29, 1.82) is 0 Å². The number of fused-ring (bicyclic) bond motifs is 1. The van der Waals surface area contributed by atoms with Gasteiger partial charge < -0.3 is 14.9 Å². The molecule has 5 heteroatoms. The van der Waals surface area contributed by atoms with E-state index in [1.54, 1.807) is 6.07 Å². The molecule has 0 aromatic heterocycles. The van der Waals surface area contributed by atoms with E-state index in [2.05, 4.69) is 11.0 Å². The van der Waals surface area contributed by atoms with Gasteiger partial charge >= 0.3 is 0 Å². The maximum absolute atomic E-state index is 10.4. The summed E-state index contributed by atoms with van der Waals surface area (Å²) >= 11 is 6.08. The van der Waals surface area contributed by atoms with Crippen molar-refractivity contribution in [3.05, 3.63) is 47.0 Å². The molecule has 0 saturated carbocycles. The van der Waals surface area contributed by atoms with Crippen LogP contribution in [0.1, 0.15) is 18.4 Å². The van der Waals surface area contributed by atoms with E-state index in [0.717, 1.165) is 49.2 Å². The molecule has 24 heavy (non-hydrogen) atoms. The molecule has 1 aliphatic rings. The highest BCUT2D eigenvalue weighted by Gasteiger charge is 2.19. The summed E-state index contributed by atoms with van der Waals surface area (Å²) < 4.78 is 5.76. The van der Waals surface area contributed by atoms with Crippen LogP contribution in [0, 0.1) is 0 Å². The number of hydrogen-bond acceptors (Lipinski definition) is 4. The number of hydrogen-bond donors (Lipinski definition) is 2. The summed E-state index contributed by atoms with van der Waals surface area (Å²) in [5, 5.41) is 20.0. The highest BCUT2D eigenvalue weighted by atomic mass is 35.5. The number of aliphatic hydroxyl groups excluding tert-OH is 1. The molecule has 128 valence electrons. The van der Waals surface area contributed by atoms with Crippen LogP contribution in [0.15, 0.2) is 36.4 Å². The first-order valence-corrected chi connectivity index (χ1v) is 8.63. The Hall–Kier alpha value is -1.75. The lowest BCUT2D eigenvalue weighted by molar-refractivity contribution is 0.211. The smallest absolute Gasteiger partial charge is 0.165 e. The van der Waals surface area contributed by atoms with E-state index in [9.17, 15) is 5.11 Å². The number of unbranched alkanes of at least 4 members (excludes halogenated alkanes) is 1. The highest BCUT2D eigenvalue weighted by Crippen LogP contribution is 2.38. The molecule has 0 atom stereocenters. The molecule has 0 radical (unpaired) electrons. The average Bonchev–Trinajstić information content (AvgIpc) is 2.77. The second-order valence-corrected chi connectivity index (χ2v) is 6.49. The van der Waals surface area contributed by atoms with Crippen molar-refractivity contribution in [3.8, 4) is 22.6 Å². The zero-order valence-corrected chi connectivity index (χ0v) is 14.3. The second-order valence-electron chi connectivity index (χ2n) is 6.05. The summed E-state index contributed by atoms with van der Waals surface area (Å²) in [6.07, 6.45) is 1.75. The number of phenols is 1. The molecule has 2 aromatic carbocycles. The van der Waals surface area contributed by atoms with Gasteiger partial charge in [0.2, 0.25) is 0 Å². The van der Waals surface area contributed by atoms with E-state index in [1.165, 1.54) is 0 Å². The molecular weight excluding hydrogens is 326 g/mol. The Morgan fingerprint density at radius 2 is 2.00 bits per heavy atom. The predicted octanol–water partition coefficient (Wildman–Crippen LogP) is 3.68. The monoisotopic (exact) mass is 347 g/mol. The Bertz CT molecular complexity index is 705. The number of benzene rings is 2. The Balaban J connectivity index is 1.88. The molecule has 2 N–H and O–H groups in total. The minimum Gasteiger partial charge on any atom is -0.504 e. The third kappa shape index (κ3) is 4.01. The topological polar surface area (TPSA) is 52.9 Å². The van der Waals surface area contributed by atoms with Crippen molar-refractivity contribution in [2.75, 3.05) is 26.3 Å². The first-order valence-electron chi connectivity index (χ1n) is 8.25. The van der Waals surface area contributed by atoms with Crippen LogP contribution in [0.2, 0.25) is 5.02 Å². The van der Waals surface area contributed by atoms with Gasteiger partial charge in [-0.25, -0.2) is 0 Å². The van der Waals surface area contributed by atoms with E-state index in [1.807, 2.05) is 24.3 Å². The lowest BCUT2D eigenvalue weighted by Crippen LogP contribution is -2.26. The molecule has 0 aliphatic carbocycles. The Morgan fingerprint density at radius 3 is 2.79 bits per heavy atom. The van der Waals surface area contributed by atoms with E-state index in [-0.39, 0.29) is 12.4 Å². The van der Waals surface area contributed by atoms with Crippen molar-refractivity contribution >= 4 is 11.6 Å². The van der Waals surface area contributed by atoms with Crippen LogP contribution >= 0.6 is 11.6 Å². The first kappa shape index (κ1) is 17.1.